The van der Waals surface area contributed by atoms with Crippen LogP contribution in [-0.2, 0) is 14.3 Å². The number of ether oxygens (including phenoxy) is 2. The van der Waals surface area contributed by atoms with E-state index in [1.165, 1.54) is 23.0 Å². The molecule has 0 fully saturated rings. The summed E-state index contributed by atoms with van der Waals surface area (Å²) >= 11 is 4.68. The summed E-state index contributed by atoms with van der Waals surface area (Å²) in [5.74, 6) is -1.01. The molecule has 0 amide bonds. The van der Waals surface area contributed by atoms with Gasteiger partial charge in [-0.1, -0.05) is 51.5 Å². The van der Waals surface area contributed by atoms with Crippen LogP contribution in [0.5, 0.6) is 0 Å². The van der Waals surface area contributed by atoms with E-state index in [0.29, 0.717) is 26.2 Å². The summed E-state index contributed by atoms with van der Waals surface area (Å²) in [6.07, 6.45) is 1.46. The third kappa shape index (κ3) is 5.06. The Morgan fingerprint density at radius 3 is 2.34 bits per heavy atom. The number of fused-ring (bicyclic) bond motifs is 1. The Hall–Kier alpha value is -3.30. The first-order valence-electron chi connectivity index (χ1n) is 10.9. The second-order valence-corrected chi connectivity index (χ2v) is 10.1. The lowest BCUT2D eigenvalue weighted by Gasteiger charge is -2.25. The minimum absolute atomic E-state index is 0.263. The lowest BCUT2D eigenvalue weighted by atomic mass is 9.95. The van der Waals surface area contributed by atoms with Gasteiger partial charge in [0, 0.05) is 4.47 Å². The maximum atomic E-state index is 13.6. The molecule has 0 bridgehead atoms. The third-order valence-corrected chi connectivity index (χ3v) is 6.91. The second kappa shape index (κ2) is 10.1. The second-order valence-electron chi connectivity index (χ2n) is 8.20. The Morgan fingerprint density at radius 1 is 1.09 bits per heavy atom. The summed E-state index contributed by atoms with van der Waals surface area (Å²) < 4.78 is 13.2. The van der Waals surface area contributed by atoms with Crippen LogP contribution in [0, 0.1) is 0 Å². The van der Waals surface area contributed by atoms with E-state index in [-0.39, 0.29) is 17.2 Å². The lowest BCUT2D eigenvalue weighted by Crippen LogP contribution is -2.40. The van der Waals surface area contributed by atoms with Gasteiger partial charge in [-0.2, -0.15) is 0 Å². The van der Waals surface area contributed by atoms with Crippen LogP contribution in [0.3, 0.4) is 0 Å². The Labute approximate surface area is 214 Å². The van der Waals surface area contributed by atoms with Crippen LogP contribution in [-0.4, -0.2) is 29.7 Å². The van der Waals surface area contributed by atoms with Gasteiger partial charge in [0.2, 0.25) is 0 Å². The van der Waals surface area contributed by atoms with Crippen LogP contribution in [0.4, 0.5) is 0 Å². The van der Waals surface area contributed by atoms with Crippen LogP contribution in [0.2, 0.25) is 0 Å². The summed E-state index contributed by atoms with van der Waals surface area (Å²) in [4.78, 5) is 43.7. The molecule has 1 aliphatic heterocycles. The van der Waals surface area contributed by atoms with Crippen LogP contribution in [0.15, 0.2) is 74.1 Å². The van der Waals surface area contributed by atoms with Crippen molar-refractivity contribution in [2.75, 3.05) is 7.11 Å². The highest BCUT2D eigenvalue weighted by Crippen LogP contribution is 2.31. The van der Waals surface area contributed by atoms with E-state index >= 15 is 0 Å². The van der Waals surface area contributed by atoms with Gasteiger partial charge in [0.1, 0.15) is 0 Å². The molecule has 2 aromatic carbocycles. The molecule has 0 radical (unpaired) electrons. The Morgan fingerprint density at radius 2 is 1.74 bits per heavy atom. The molecule has 1 unspecified atom stereocenters. The molecule has 4 rings (SSSR count). The molecule has 1 atom stereocenters. The Balaban J connectivity index is 1.91. The largest absolute Gasteiger partial charge is 0.465 e. The highest BCUT2D eigenvalue weighted by atomic mass is 79.9. The van der Waals surface area contributed by atoms with Crippen molar-refractivity contribution < 1.29 is 19.1 Å². The SMILES string of the molecule is COC(=O)c1ccc(C2C(C(=O)OC(C)C)=C(C)N=c3sc(=Cc4ccc(Br)cc4)c(=O)n32)cc1. The molecule has 9 heteroatoms. The number of benzene rings is 2. The number of carbonyl (C=O) groups excluding carboxylic acids is 2. The number of nitrogens with zero attached hydrogens (tertiary/aromatic N) is 2. The summed E-state index contributed by atoms with van der Waals surface area (Å²) in [5.41, 5.74) is 2.39. The first kappa shape index (κ1) is 24.8. The summed E-state index contributed by atoms with van der Waals surface area (Å²) in [6.45, 7) is 5.27. The number of thiazole rings is 1. The van der Waals surface area contributed by atoms with E-state index in [4.69, 9.17) is 9.47 Å². The molecule has 1 aromatic heterocycles. The van der Waals surface area contributed by atoms with Gasteiger partial charge < -0.3 is 9.47 Å². The molecule has 1 aliphatic rings. The number of allylic oxidation sites excluding steroid dienone is 1. The fourth-order valence-electron chi connectivity index (χ4n) is 3.81. The molecule has 0 aliphatic carbocycles. The van der Waals surface area contributed by atoms with Crippen molar-refractivity contribution in [2.45, 2.75) is 32.9 Å². The predicted molar refractivity (Wildman–Crippen MR) is 137 cm³/mol. The van der Waals surface area contributed by atoms with Crippen molar-refractivity contribution in [3.8, 4) is 0 Å². The van der Waals surface area contributed by atoms with Crippen molar-refractivity contribution in [1.29, 1.82) is 0 Å². The maximum Gasteiger partial charge on any atom is 0.338 e. The van der Waals surface area contributed by atoms with Crippen LogP contribution >= 0.6 is 27.3 Å². The Bertz CT molecular complexity index is 1500. The van der Waals surface area contributed by atoms with Crippen molar-refractivity contribution in [2.24, 2.45) is 4.99 Å². The van der Waals surface area contributed by atoms with Crippen LogP contribution < -0.4 is 14.9 Å². The molecule has 2 heterocycles. The molecule has 0 spiro atoms. The number of rotatable bonds is 5. The molecule has 0 saturated carbocycles. The normalized spacial score (nSPS) is 15.6. The van der Waals surface area contributed by atoms with Gasteiger partial charge in [0.15, 0.2) is 4.80 Å². The van der Waals surface area contributed by atoms with Gasteiger partial charge >= 0.3 is 11.9 Å². The van der Waals surface area contributed by atoms with Crippen LogP contribution in [0.25, 0.3) is 6.08 Å². The molecule has 35 heavy (non-hydrogen) atoms. The average molecular weight is 555 g/mol. The molecule has 0 N–H and O–H groups in total. The van der Waals surface area contributed by atoms with E-state index in [1.54, 1.807) is 51.1 Å². The van der Waals surface area contributed by atoms with E-state index in [2.05, 4.69) is 20.9 Å². The zero-order valence-electron chi connectivity index (χ0n) is 19.6. The highest BCUT2D eigenvalue weighted by molar-refractivity contribution is 9.10. The molecule has 0 saturated heterocycles. The number of hydrogen-bond donors (Lipinski definition) is 0. The predicted octanol–water partition coefficient (Wildman–Crippen LogP) is 3.74. The van der Waals surface area contributed by atoms with Gasteiger partial charge in [-0.25, -0.2) is 14.6 Å². The first-order chi connectivity index (χ1) is 16.7. The summed E-state index contributed by atoms with van der Waals surface area (Å²) in [7, 11) is 1.31. The number of methoxy groups -OCH3 is 1. The van der Waals surface area contributed by atoms with Gasteiger partial charge in [-0.15, -0.1) is 0 Å². The summed E-state index contributed by atoms with van der Waals surface area (Å²) in [5, 5.41) is 0. The van der Waals surface area contributed by atoms with E-state index in [1.807, 2.05) is 24.3 Å². The van der Waals surface area contributed by atoms with Crippen molar-refractivity contribution >= 4 is 45.3 Å². The molecular formula is C26H23BrN2O5S. The van der Waals surface area contributed by atoms with Gasteiger partial charge in [-0.3, -0.25) is 9.36 Å². The highest BCUT2D eigenvalue weighted by Gasteiger charge is 2.33. The van der Waals surface area contributed by atoms with Gasteiger partial charge in [0.25, 0.3) is 5.56 Å². The van der Waals surface area contributed by atoms with Crippen molar-refractivity contribution in [1.82, 2.24) is 4.57 Å². The smallest absolute Gasteiger partial charge is 0.338 e. The third-order valence-electron chi connectivity index (χ3n) is 5.40. The average Bonchev–Trinajstić information content (AvgIpc) is 3.13. The lowest BCUT2D eigenvalue weighted by molar-refractivity contribution is -0.143. The maximum absolute atomic E-state index is 13.6. The Kier molecular flexibility index (Phi) is 7.18. The fourth-order valence-corrected chi connectivity index (χ4v) is 5.12. The minimum Gasteiger partial charge on any atom is -0.465 e. The fraction of sp³-hybridized carbons (Fsp3) is 0.231. The molecule has 7 nitrogen and oxygen atoms in total. The zero-order valence-corrected chi connectivity index (χ0v) is 22.0. The van der Waals surface area contributed by atoms with E-state index < -0.39 is 18.0 Å². The number of carbonyl (C=O) groups is 2. The van der Waals surface area contributed by atoms with Gasteiger partial charge in [0.05, 0.1) is 40.6 Å². The topological polar surface area (TPSA) is 87.0 Å². The number of hydrogen-bond acceptors (Lipinski definition) is 7. The molecule has 3 aromatic rings. The monoisotopic (exact) mass is 554 g/mol. The molecule has 180 valence electrons. The summed E-state index contributed by atoms with van der Waals surface area (Å²) in [6, 6.07) is 13.5. The van der Waals surface area contributed by atoms with Crippen molar-refractivity contribution in [3.63, 3.8) is 0 Å². The quantitative estimate of drug-likeness (QED) is 0.448. The number of halogens is 1. The van der Waals surface area contributed by atoms with Gasteiger partial charge in [-0.05, 0) is 62.2 Å². The van der Waals surface area contributed by atoms with E-state index in [9.17, 15) is 14.4 Å². The first-order valence-corrected chi connectivity index (χ1v) is 12.5. The van der Waals surface area contributed by atoms with Crippen LogP contribution in [0.1, 0.15) is 48.3 Å². The molecular weight excluding hydrogens is 532 g/mol. The minimum atomic E-state index is -0.753. The standard InChI is InChI=1S/C26H23BrN2O5S/c1-14(2)34-25(32)21-15(3)28-26-29(22(21)17-7-9-18(10-8-17)24(31)33-4)23(30)20(35-26)13-16-5-11-19(27)12-6-16/h5-14,22H,1-4H3. The van der Waals surface area contributed by atoms with Crippen molar-refractivity contribution in [3.05, 3.63) is 101 Å². The van der Waals surface area contributed by atoms with E-state index in [0.717, 1.165) is 10.0 Å². The number of esters is 2. The number of aromatic nitrogens is 1. The zero-order chi connectivity index (χ0) is 25.3.